The highest BCUT2D eigenvalue weighted by atomic mass is 16.5. The lowest BCUT2D eigenvalue weighted by Gasteiger charge is -2.26. The van der Waals surface area contributed by atoms with Crippen molar-refractivity contribution in [1.29, 1.82) is 5.26 Å². The first kappa shape index (κ1) is 21.0. The second-order valence-electron chi connectivity index (χ2n) is 7.91. The molecule has 1 fully saturated rings. The average Bonchev–Trinajstić information content (AvgIpc) is 2.80. The second-order valence-corrected chi connectivity index (χ2v) is 7.91. The van der Waals surface area contributed by atoms with Gasteiger partial charge in [0.25, 0.3) is 0 Å². The van der Waals surface area contributed by atoms with Crippen molar-refractivity contribution < 1.29 is 9.47 Å². The van der Waals surface area contributed by atoms with E-state index in [1.54, 1.807) is 12.4 Å². The van der Waals surface area contributed by atoms with E-state index in [0.717, 1.165) is 43.9 Å². The van der Waals surface area contributed by atoms with Gasteiger partial charge in [0.05, 0.1) is 36.2 Å². The Bertz CT molecular complexity index is 1090. The molecule has 1 N–H and O–H groups in total. The molecular weight excluding hydrogens is 390 g/mol. The molecule has 7 nitrogen and oxygen atoms in total. The van der Waals surface area contributed by atoms with Crippen LogP contribution >= 0.6 is 0 Å². The molecule has 0 bridgehead atoms. The number of nitriles is 1. The van der Waals surface area contributed by atoms with Crippen molar-refractivity contribution in [2.24, 2.45) is 0 Å². The van der Waals surface area contributed by atoms with Crippen LogP contribution < -0.4 is 10.1 Å². The lowest BCUT2D eigenvalue weighted by atomic mass is 10.0. The van der Waals surface area contributed by atoms with Crippen LogP contribution in [0.5, 0.6) is 5.88 Å². The van der Waals surface area contributed by atoms with Crippen molar-refractivity contribution >= 4 is 22.3 Å². The number of nitrogens with one attached hydrogen (secondary N) is 1. The number of aromatic nitrogens is 2. The van der Waals surface area contributed by atoms with Crippen LogP contribution in [0, 0.1) is 11.3 Å². The largest absolute Gasteiger partial charge is 0.476 e. The summed E-state index contributed by atoms with van der Waals surface area (Å²) in [6.45, 7) is 9.08. The summed E-state index contributed by atoms with van der Waals surface area (Å²) in [4.78, 5) is 11.1. The van der Waals surface area contributed by atoms with Crippen LogP contribution in [0.1, 0.15) is 30.9 Å². The molecule has 31 heavy (non-hydrogen) atoms. The number of morpholine rings is 1. The van der Waals surface area contributed by atoms with Gasteiger partial charge in [0.1, 0.15) is 12.7 Å². The lowest BCUT2D eigenvalue weighted by molar-refractivity contribution is 0.0320. The van der Waals surface area contributed by atoms with Gasteiger partial charge in [-0.3, -0.25) is 9.88 Å². The fraction of sp³-hybridized carbons (Fsp3) is 0.375. The Labute approximate surface area is 182 Å². The number of pyridine rings is 2. The van der Waals surface area contributed by atoms with Gasteiger partial charge in [0.15, 0.2) is 0 Å². The van der Waals surface area contributed by atoms with Crippen molar-refractivity contribution in [3.8, 4) is 11.9 Å². The molecule has 1 aromatic carbocycles. The number of hydrogen-bond donors (Lipinski definition) is 1. The molecule has 0 atom stereocenters. The van der Waals surface area contributed by atoms with Crippen LogP contribution in [0.25, 0.3) is 10.9 Å². The van der Waals surface area contributed by atoms with Gasteiger partial charge in [-0.25, -0.2) is 4.98 Å². The minimum absolute atomic E-state index is 0.419. The smallest absolute Gasteiger partial charge is 0.214 e. The molecule has 0 radical (unpaired) electrons. The molecule has 4 rings (SSSR count). The van der Waals surface area contributed by atoms with Crippen molar-refractivity contribution in [2.45, 2.75) is 19.8 Å². The van der Waals surface area contributed by atoms with E-state index in [1.807, 2.05) is 18.2 Å². The number of rotatable bonds is 7. The Kier molecular flexibility index (Phi) is 6.60. The highest BCUT2D eigenvalue weighted by Gasteiger charge is 2.13. The van der Waals surface area contributed by atoms with Crippen LogP contribution in [-0.2, 0) is 4.74 Å². The van der Waals surface area contributed by atoms with Crippen molar-refractivity contribution in [2.75, 3.05) is 44.8 Å². The minimum atomic E-state index is 0.419. The summed E-state index contributed by atoms with van der Waals surface area (Å²) < 4.78 is 11.3. The monoisotopic (exact) mass is 417 g/mol. The molecule has 7 heteroatoms. The van der Waals surface area contributed by atoms with E-state index in [4.69, 9.17) is 9.47 Å². The summed E-state index contributed by atoms with van der Waals surface area (Å²) in [5.41, 5.74) is 4.07. The molecule has 3 aromatic rings. The molecule has 0 unspecified atom stereocenters. The number of nitrogens with zero attached hydrogens (tertiary/aromatic N) is 4. The maximum absolute atomic E-state index is 9.66. The lowest BCUT2D eigenvalue weighted by Crippen LogP contribution is -2.38. The Hall–Kier alpha value is -3.21. The predicted octanol–water partition coefficient (Wildman–Crippen LogP) is 4.08. The number of ether oxygens (including phenoxy) is 2. The van der Waals surface area contributed by atoms with Gasteiger partial charge < -0.3 is 14.8 Å². The normalized spacial score (nSPS) is 14.5. The molecule has 0 amide bonds. The Morgan fingerprint density at radius 3 is 2.81 bits per heavy atom. The molecular formula is C24H27N5O2. The van der Waals surface area contributed by atoms with E-state index in [1.165, 1.54) is 5.56 Å². The number of fused-ring (bicyclic) bond motifs is 1. The highest BCUT2D eigenvalue weighted by Crippen LogP contribution is 2.31. The van der Waals surface area contributed by atoms with E-state index in [2.05, 4.69) is 52.2 Å². The molecule has 1 aliphatic heterocycles. The van der Waals surface area contributed by atoms with Crippen LogP contribution in [0.2, 0.25) is 0 Å². The first-order valence-corrected chi connectivity index (χ1v) is 10.6. The number of anilines is 2. The zero-order chi connectivity index (χ0) is 21.6. The van der Waals surface area contributed by atoms with E-state index >= 15 is 0 Å². The zero-order valence-electron chi connectivity index (χ0n) is 18.0. The van der Waals surface area contributed by atoms with Crippen LogP contribution in [0.15, 0.2) is 42.7 Å². The molecule has 160 valence electrons. The summed E-state index contributed by atoms with van der Waals surface area (Å²) in [6, 6.07) is 12.3. The van der Waals surface area contributed by atoms with Gasteiger partial charge in [-0.15, -0.1) is 0 Å². The fourth-order valence-corrected chi connectivity index (χ4v) is 3.60. The Morgan fingerprint density at radius 2 is 2.03 bits per heavy atom. The molecule has 2 aromatic heterocycles. The van der Waals surface area contributed by atoms with Gasteiger partial charge in [-0.2, -0.15) is 5.26 Å². The SMILES string of the molecule is CC(C)c1cccc(Nc2c(C#N)cnc3cnc(OCCN4CCOCC4)cc23)c1. The number of benzene rings is 1. The van der Waals surface area contributed by atoms with Gasteiger partial charge >= 0.3 is 0 Å². The first-order valence-electron chi connectivity index (χ1n) is 10.6. The quantitative estimate of drug-likeness (QED) is 0.620. The predicted molar refractivity (Wildman–Crippen MR) is 121 cm³/mol. The van der Waals surface area contributed by atoms with Crippen LogP contribution in [-0.4, -0.2) is 54.3 Å². The summed E-state index contributed by atoms with van der Waals surface area (Å²) in [5.74, 6) is 0.943. The fourth-order valence-electron chi connectivity index (χ4n) is 3.60. The molecule has 0 aliphatic carbocycles. The van der Waals surface area contributed by atoms with Crippen molar-refractivity contribution in [3.05, 3.63) is 53.9 Å². The van der Waals surface area contributed by atoms with E-state index in [9.17, 15) is 5.26 Å². The zero-order valence-corrected chi connectivity index (χ0v) is 18.0. The third kappa shape index (κ3) is 5.10. The minimum Gasteiger partial charge on any atom is -0.476 e. The highest BCUT2D eigenvalue weighted by molar-refractivity contribution is 5.95. The second kappa shape index (κ2) is 9.73. The standard InChI is InChI=1S/C24H27N5O2/c1-17(2)18-4-3-5-20(12-18)28-24-19(14-25)15-26-22-16-27-23(13-21(22)24)31-11-8-29-6-9-30-10-7-29/h3-5,12-13,15-17H,6-11H2,1-2H3,(H,26,28). The van der Waals surface area contributed by atoms with Gasteiger partial charge in [-0.05, 0) is 23.6 Å². The van der Waals surface area contributed by atoms with Crippen molar-refractivity contribution in [3.63, 3.8) is 0 Å². The van der Waals surface area contributed by atoms with Crippen LogP contribution in [0.3, 0.4) is 0 Å². The number of hydrogen-bond acceptors (Lipinski definition) is 7. The average molecular weight is 418 g/mol. The molecule has 1 saturated heterocycles. The Balaban J connectivity index is 1.58. The first-order chi connectivity index (χ1) is 15.1. The van der Waals surface area contributed by atoms with Crippen molar-refractivity contribution in [1.82, 2.24) is 14.9 Å². The summed E-state index contributed by atoms with van der Waals surface area (Å²) in [5, 5.41) is 13.9. The van der Waals surface area contributed by atoms with E-state index in [-0.39, 0.29) is 0 Å². The third-order valence-corrected chi connectivity index (χ3v) is 5.43. The van der Waals surface area contributed by atoms with Crippen LogP contribution in [0.4, 0.5) is 11.4 Å². The Morgan fingerprint density at radius 1 is 1.19 bits per heavy atom. The summed E-state index contributed by atoms with van der Waals surface area (Å²) >= 11 is 0. The maximum Gasteiger partial charge on any atom is 0.214 e. The maximum atomic E-state index is 9.66. The van der Waals surface area contributed by atoms with E-state index < -0.39 is 0 Å². The topological polar surface area (TPSA) is 83.3 Å². The molecule has 0 spiro atoms. The van der Waals surface area contributed by atoms with Gasteiger partial charge in [0, 0.05) is 43.0 Å². The summed E-state index contributed by atoms with van der Waals surface area (Å²) in [7, 11) is 0. The van der Waals surface area contributed by atoms with Gasteiger partial charge in [0.2, 0.25) is 5.88 Å². The van der Waals surface area contributed by atoms with E-state index in [0.29, 0.717) is 35.2 Å². The molecule has 0 saturated carbocycles. The van der Waals surface area contributed by atoms with Gasteiger partial charge in [-0.1, -0.05) is 26.0 Å². The summed E-state index contributed by atoms with van der Waals surface area (Å²) in [6.07, 6.45) is 3.27. The third-order valence-electron chi connectivity index (χ3n) is 5.43. The molecule has 1 aliphatic rings. The molecule has 3 heterocycles.